The van der Waals surface area contributed by atoms with Crippen LogP contribution in [-0.4, -0.2) is 40.6 Å². The van der Waals surface area contributed by atoms with E-state index in [1.165, 1.54) is 0 Å². The number of nitrogens with zero attached hydrogens (tertiary/aromatic N) is 1. The van der Waals surface area contributed by atoms with Crippen LogP contribution in [0.5, 0.6) is 0 Å². The van der Waals surface area contributed by atoms with Gasteiger partial charge in [0.05, 0.1) is 0 Å². The highest BCUT2D eigenvalue weighted by atomic mass is 16.4. The number of hydrogen-bond acceptors (Lipinski definition) is 2. The van der Waals surface area contributed by atoms with Crippen LogP contribution in [-0.2, 0) is 4.79 Å². The second kappa shape index (κ2) is 7.92. The third-order valence-electron chi connectivity index (χ3n) is 2.62. The van der Waals surface area contributed by atoms with Crippen molar-refractivity contribution in [2.24, 2.45) is 0 Å². The van der Waals surface area contributed by atoms with Crippen LogP contribution < -0.4 is 5.32 Å². The van der Waals surface area contributed by atoms with Gasteiger partial charge in [-0.25, -0.2) is 4.79 Å². The number of rotatable bonds is 7. The van der Waals surface area contributed by atoms with Crippen molar-refractivity contribution in [1.29, 1.82) is 0 Å². The van der Waals surface area contributed by atoms with E-state index >= 15 is 0 Å². The fourth-order valence-corrected chi connectivity index (χ4v) is 1.67. The van der Waals surface area contributed by atoms with Gasteiger partial charge in [0.25, 0.3) is 0 Å². The normalized spacial score (nSPS) is 12.3. The van der Waals surface area contributed by atoms with Crippen LogP contribution in [0, 0.1) is 0 Å². The first kappa shape index (κ1) is 15.7. The molecule has 0 aromatic heterocycles. The van der Waals surface area contributed by atoms with Gasteiger partial charge < -0.3 is 15.3 Å². The van der Waals surface area contributed by atoms with Crippen molar-refractivity contribution in [3.63, 3.8) is 0 Å². The topological polar surface area (TPSA) is 69.6 Å². The minimum Gasteiger partial charge on any atom is -0.481 e. The molecule has 0 saturated carbocycles. The van der Waals surface area contributed by atoms with E-state index in [1.54, 1.807) is 4.90 Å². The molecule has 1 unspecified atom stereocenters. The quantitative estimate of drug-likeness (QED) is 0.720. The molecule has 0 saturated heterocycles. The van der Waals surface area contributed by atoms with Crippen LogP contribution >= 0.6 is 0 Å². The molecule has 5 heteroatoms. The third kappa shape index (κ3) is 6.81. The predicted octanol–water partition coefficient (Wildman–Crippen LogP) is 2.07. The zero-order valence-corrected chi connectivity index (χ0v) is 11.2. The summed E-state index contributed by atoms with van der Waals surface area (Å²) in [5, 5.41) is 11.4. The van der Waals surface area contributed by atoms with E-state index in [-0.39, 0.29) is 24.5 Å². The maximum Gasteiger partial charge on any atom is 0.317 e. The van der Waals surface area contributed by atoms with Crippen LogP contribution in [0.1, 0.15) is 47.0 Å². The summed E-state index contributed by atoms with van der Waals surface area (Å²) in [6, 6.07) is 0.103. The number of carbonyl (C=O) groups excluding carboxylic acids is 1. The standard InChI is InChI=1S/C12H24N2O3/c1-5-14(9(2)3)12(17)13-10(4)7-6-8-11(15)16/h9-10H,5-8H2,1-4H3,(H,13,17)(H,15,16). The van der Waals surface area contributed by atoms with Crippen molar-refractivity contribution in [3.05, 3.63) is 0 Å². The Morgan fingerprint density at radius 3 is 2.29 bits per heavy atom. The van der Waals surface area contributed by atoms with Crippen molar-refractivity contribution in [2.75, 3.05) is 6.54 Å². The molecule has 0 heterocycles. The number of hydrogen-bond donors (Lipinski definition) is 2. The molecule has 100 valence electrons. The average molecular weight is 244 g/mol. The fourth-order valence-electron chi connectivity index (χ4n) is 1.67. The lowest BCUT2D eigenvalue weighted by Gasteiger charge is -2.27. The van der Waals surface area contributed by atoms with Crippen molar-refractivity contribution in [3.8, 4) is 0 Å². The zero-order chi connectivity index (χ0) is 13.4. The third-order valence-corrected chi connectivity index (χ3v) is 2.62. The van der Waals surface area contributed by atoms with Crippen molar-refractivity contribution in [1.82, 2.24) is 10.2 Å². The molecule has 0 aromatic rings. The monoisotopic (exact) mass is 244 g/mol. The minimum atomic E-state index is -0.791. The van der Waals surface area contributed by atoms with E-state index in [4.69, 9.17) is 5.11 Å². The number of carboxylic acid groups (broad SMARTS) is 1. The molecule has 0 rings (SSSR count). The second-order valence-electron chi connectivity index (χ2n) is 4.52. The van der Waals surface area contributed by atoms with Gasteiger partial charge in [-0.05, 0) is 40.5 Å². The van der Waals surface area contributed by atoms with Crippen LogP contribution in [0.2, 0.25) is 0 Å². The summed E-state index contributed by atoms with van der Waals surface area (Å²) in [5.41, 5.74) is 0. The Labute approximate surface area is 103 Å². The van der Waals surface area contributed by atoms with Gasteiger partial charge in [0, 0.05) is 25.0 Å². The smallest absolute Gasteiger partial charge is 0.317 e. The van der Waals surface area contributed by atoms with Gasteiger partial charge in [-0.15, -0.1) is 0 Å². The first-order valence-electron chi connectivity index (χ1n) is 6.17. The minimum absolute atomic E-state index is 0.00894. The van der Waals surface area contributed by atoms with Gasteiger partial charge in [-0.3, -0.25) is 4.79 Å². The number of aliphatic carboxylic acids is 1. The SMILES string of the molecule is CCN(C(=O)NC(C)CCCC(=O)O)C(C)C. The summed E-state index contributed by atoms with van der Waals surface area (Å²) in [4.78, 5) is 23.9. The number of carboxylic acids is 1. The highest BCUT2D eigenvalue weighted by molar-refractivity contribution is 5.74. The summed E-state index contributed by atoms with van der Waals surface area (Å²) in [6.07, 6.45) is 1.43. The lowest BCUT2D eigenvalue weighted by Crippen LogP contribution is -2.46. The van der Waals surface area contributed by atoms with Crippen LogP contribution in [0.15, 0.2) is 0 Å². The Kier molecular flexibility index (Phi) is 7.34. The van der Waals surface area contributed by atoms with Crippen LogP contribution in [0.3, 0.4) is 0 Å². The maximum atomic E-state index is 11.8. The van der Waals surface area contributed by atoms with Gasteiger partial charge in [-0.1, -0.05) is 0 Å². The average Bonchev–Trinajstić information content (AvgIpc) is 2.16. The summed E-state index contributed by atoms with van der Waals surface area (Å²) in [6.45, 7) is 8.45. The molecule has 2 amide bonds. The lowest BCUT2D eigenvalue weighted by atomic mass is 10.1. The molecule has 0 spiro atoms. The van der Waals surface area contributed by atoms with Gasteiger partial charge in [0.2, 0.25) is 0 Å². The largest absolute Gasteiger partial charge is 0.481 e. The van der Waals surface area contributed by atoms with E-state index in [9.17, 15) is 9.59 Å². The predicted molar refractivity (Wildman–Crippen MR) is 67.0 cm³/mol. The summed E-state index contributed by atoms with van der Waals surface area (Å²) >= 11 is 0. The molecule has 1 atom stereocenters. The lowest BCUT2D eigenvalue weighted by molar-refractivity contribution is -0.137. The Bertz CT molecular complexity index is 254. The molecule has 0 aromatic carbocycles. The highest BCUT2D eigenvalue weighted by Gasteiger charge is 2.16. The molecule has 0 radical (unpaired) electrons. The first-order chi connectivity index (χ1) is 7.88. The molecule has 5 nitrogen and oxygen atoms in total. The van der Waals surface area contributed by atoms with Gasteiger partial charge >= 0.3 is 12.0 Å². The molecular weight excluding hydrogens is 220 g/mol. The molecule has 0 fully saturated rings. The zero-order valence-electron chi connectivity index (χ0n) is 11.2. The molecule has 2 N–H and O–H groups in total. The number of carbonyl (C=O) groups is 2. The Balaban J connectivity index is 3.97. The molecular formula is C12H24N2O3. The Morgan fingerprint density at radius 1 is 1.29 bits per heavy atom. The van der Waals surface area contributed by atoms with E-state index in [1.807, 2.05) is 27.7 Å². The second-order valence-corrected chi connectivity index (χ2v) is 4.52. The van der Waals surface area contributed by atoms with Crippen molar-refractivity contribution < 1.29 is 14.7 Å². The van der Waals surface area contributed by atoms with E-state index in [2.05, 4.69) is 5.32 Å². The Morgan fingerprint density at radius 2 is 1.88 bits per heavy atom. The van der Waals surface area contributed by atoms with Gasteiger partial charge in [0.15, 0.2) is 0 Å². The number of urea groups is 1. The van der Waals surface area contributed by atoms with Crippen molar-refractivity contribution >= 4 is 12.0 Å². The fraction of sp³-hybridized carbons (Fsp3) is 0.833. The number of nitrogens with one attached hydrogen (secondary N) is 1. The number of amides is 2. The maximum absolute atomic E-state index is 11.8. The molecule has 0 aliphatic carbocycles. The van der Waals surface area contributed by atoms with Crippen molar-refractivity contribution in [2.45, 2.75) is 59.0 Å². The molecule has 0 aliphatic rings. The van der Waals surface area contributed by atoms with Gasteiger partial charge in [0.1, 0.15) is 0 Å². The van der Waals surface area contributed by atoms with Gasteiger partial charge in [-0.2, -0.15) is 0 Å². The molecule has 0 aliphatic heterocycles. The van der Waals surface area contributed by atoms with Crippen LogP contribution in [0.25, 0.3) is 0 Å². The molecule has 0 bridgehead atoms. The highest BCUT2D eigenvalue weighted by Crippen LogP contribution is 2.03. The summed E-state index contributed by atoms with van der Waals surface area (Å²) in [7, 11) is 0. The van der Waals surface area contributed by atoms with E-state index in [0.717, 1.165) is 0 Å². The van der Waals surface area contributed by atoms with Crippen LogP contribution in [0.4, 0.5) is 4.79 Å². The first-order valence-corrected chi connectivity index (χ1v) is 6.17. The van der Waals surface area contributed by atoms with E-state index in [0.29, 0.717) is 19.4 Å². The summed E-state index contributed by atoms with van der Waals surface area (Å²) < 4.78 is 0. The van der Waals surface area contributed by atoms with E-state index < -0.39 is 5.97 Å². The Hall–Kier alpha value is -1.26. The molecule has 17 heavy (non-hydrogen) atoms. The summed E-state index contributed by atoms with van der Waals surface area (Å²) in [5.74, 6) is -0.791.